The minimum absolute atomic E-state index is 0.189. The molecule has 0 fully saturated rings. The lowest BCUT2D eigenvalue weighted by Crippen LogP contribution is -2.25. The predicted molar refractivity (Wildman–Crippen MR) is 102 cm³/mol. The first-order valence-corrected chi connectivity index (χ1v) is 9.65. The van der Waals surface area contributed by atoms with Gasteiger partial charge in [-0.1, -0.05) is 66.2 Å². The number of amides is 2. The van der Waals surface area contributed by atoms with Crippen molar-refractivity contribution < 1.29 is 9.59 Å². The van der Waals surface area contributed by atoms with Gasteiger partial charge in [0.05, 0.1) is 0 Å². The summed E-state index contributed by atoms with van der Waals surface area (Å²) in [5, 5.41) is 5.63. The topological polar surface area (TPSA) is 58.2 Å². The largest absolute Gasteiger partial charge is 0.353 e. The fourth-order valence-corrected chi connectivity index (χ4v) is 2.40. The van der Waals surface area contributed by atoms with Crippen LogP contribution in [0.15, 0.2) is 12.2 Å². The molecular weight excluding hydrogens is 300 g/mol. The molecule has 0 aromatic heterocycles. The standard InChI is InChI=1S/C20H38N2O2/c1-17(2)11-7-5-9-15-21-19(23)13-14-20(24)22-16-10-6-8-12-18(3)4/h13-14,17-18H,5-12,15-16H2,1-4H3,(H,21,23)(H,22,24). The van der Waals surface area contributed by atoms with Crippen LogP contribution in [0.25, 0.3) is 0 Å². The lowest BCUT2D eigenvalue weighted by atomic mass is 10.1. The van der Waals surface area contributed by atoms with Crippen LogP contribution in [-0.2, 0) is 9.59 Å². The summed E-state index contributed by atoms with van der Waals surface area (Å²) in [6.45, 7) is 10.3. The first-order valence-electron chi connectivity index (χ1n) is 9.65. The zero-order chi connectivity index (χ0) is 18.2. The SMILES string of the molecule is CC(C)CCCCCNC(=O)C=CC(=O)NCCCCCC(C)C. The molecule has 0 aliphatic carbocycles. The van der Waals surface area contributed by atoms with E-state index in [0.717, 1.165) is 37.5 Å². The van der Waals surface area contributed by atoms with Crippen molar-refractivity contribution in [3.8, 4) is 0 Å². The van der Waals surface area contributed by atoms with Crippen molar-refractivity contribution in [2.75, 3.05) is 13.1 Å². The molecule has 140 valence electrons. The van der Waals surface area contributed by atoms with E-state index in [1.807, 2.05) is 0 Å². The Morgan fingerprint density at radius 3 is 1.38 bits per heavy atom. The van der Waals surface area contributed by atoms with Crippen molar-refractivity contribution in [2.24, 2.45) is 11.8 Å². The van der Waals surface area contributed by atoms with Gasteiger partial charge in [-0.2, -0.15) is 0 Å². The zero-order valence-electron chi connectivity index (χ0n) is 16.2. The van der Waals surface area contributed by atoms with E-state index < -0.39 is 0 Å². The summed E-state index contributed by atoms with van der Waals surface area (Å²) in [7, 11) is 0. The molecule has 0 radical (unpaired) electrons. The van der Waals surface area contributed by atoms with Crippen molar-refractivity contribution >= 4 is 11.8 Å². The molecule has 0 saturated heterocycles. The van der Waals surface area contributed by atoms with Crippen LogP contribution in [0.2, 0.25) is 0 Å². The van der Waals surface area contributed by atoms with Gasteiger partial charge in [0.2, 0.25) is 11.8 Å². The molecular formula is C20H38N2O2. The number of carbonyl (C=O) groups excluding carboxylic acids is 2. The molecule has 0 aliphatic heterocycles. The molecule has 0 bridgehead atoms. The molecule has 0 saturated carbocycles. The molecule has 24 heavy (non-hydrogen) atoms. The second-order valence-corrected chi connectivity index (χ2v) is 7.40. The lowest BCUT2D eigenvalue weighted by Gasteiger charge is -2.05. The van der Waals surface area contributed by atoms with Crippen molar-refractivity contribution in [1.82, 2.24) is 10.6 Å². The maximum Gasteiger partial charge on any atom is 0.244 e. The molecule has 0 rings (SSSR count). The van der Waals surface area contributed by atoms with Gasteiger partial charge in [-0.15, -0.1) is 0 Å². The Kier molecular flexibility index (Phi) is 14.4. The normalized spacial score (nSPS) is 11.4. The number of carbonyl (C=O) groups is 2. The third kappa shape index (κ3) is 17.0. The molecule has 0 heterocycles. The van der Waals surface area contributed by atoms with Crippen molar-refractivity contribution in [3.05, 3.63) is 12.2 Å². The van der Waals surface area contributed by atoms with Gasteiger partial charge in [0.25, 0.3) is 0 Å². The van der Waals surface area contributed by atoms with Crippen LogP contribution in [0.4, 0.5) is 0 Å². The summed E-state index contributed by atoms with van der Waals surface area (Å²) in [4.78, 5) is 23.2. The highest BCUT2D eigenvalue weighted by atomic mass is 16.2. The quantitative estimate of drug-likeness (QED) is 0.368. The Morgan fingerprint density at radius 2 is 1.04 bits per heavy atom. The Labute approximate surface area is 148 Å². The monoisotopic (exact) mass is 338 g/mol. The minimum atomic E-state index is -0.189. The first kappa shape index (κ1) is 22.7. The van der Waals surface area contributed by atoms with E-state index in [1.165, 1.54) is 37.8 Å². The van der Waals surface area contributed by atoms with E-state index in [2.05, 4.69) is 38.3 Å². The summed E-state index contributed by atoms with van der Waals surface area (Å²) in [5.74, 6) is 1.12. The van der Waals surface area contributed by atoms with Gasteiger partial charge in [-0.05, 0) is 24.7 Å². The Hall–Kier alpha value is -1.32. The van der Waals surface area contributed by atoms with E-state index in [4.69, 9.17) is 0 Å². The van der Waals surface area contributed by atoms with Gasteiger partial charge in [-0.25, -0.2) is 0 Å². The molecule has 4 nitrogen and oxygen atoms in total. The summed E-state index contributed by atoms with van der Waals surface area (Å²) in [5.41, 5.74) is 0. The average molecular weight is 339 g/mol. The van der Waals surface area contributed by atoms with Gasteiger partial charge in [0.15, 0.2) is 0 Å². The van der Waals surface area contributed by atoms with Crippen LogP contribution >= 0.6 is 0 Å². The smallest absolute Gasteiger partial charge is 0.244 e. The van der Waals surface area contributed by atoms with Crippen LogP contribution in [0.1, 0.15) is 79.1 Å². The summed E-state index contributed by atoms with van der Waals surface area (Å²) < 4.78 is 0. The number of rotatable bonds is 14. The third-order valence-corrected chi connectivity index (χ3v) is 3.90. The maximum atomic E-state index is 11.6. The van der Waals surface area contributed by atoms with Gasteiger partial charge < -0.3 is 10.6 Å². The van der Waals surface area contributed by atoms with Crippen LogP contribution in [-0.4, -0.2) is 24.9 Å². The minimum Gasteiger partial charge on any atom is -0.353 e. The van der Waals surface area contributed by atoms with Crippen LogP contribution < -0.4 is 10.6 Å². The van der Waals surface area contributed by atoms with Crippen LogP contribution in [0, 0.1) is 11.8 Å². The second-order valence-electron chi connectivity index (χ2n) is 7.40. The molecule has 0 atom stereocenters. The fourth-order valence-electron chi connectivity index (χ4n) is 2.40. The van der Waals surface area contributed by atoms with Gasteiger partial charge >= 0.3 is 0 Å². The van der Waals surface area contributed by atoms with Gasteiger partial charge in [0.1, 0.15) is 0 Å². The van der Waals surface area contributed by atoms with Crippen molar-refractivity contribution in [2.45, 2.75) is 79.1 Å². The Bertz CT molecular complexity index is 329. The molecule has 0 aromatic rings. The van der Waals surface area contributed by atoms with E-state index in [1.54, 1.807) is 0 Å². The first-order chi connectivity index (χ1) is 11.4. The van der Waals surface area contributed by atoms with E-state index in [0.29, 0.717) is 13.1 Å². The van der Waals surface area contributed by atoms with E-state index >= 15 is 0 Å². The van der Waals surface area contributed by atoms with E-state index in [-0.39, 0.29) is 11.8 Å². The number of nitrogens with one attached hydrogen (secondary N) is 2. The number of hydrogen-bond donors (Lipinski definition) is 2. The van der Waals surface area contributed by atoms with E-state index in [9.17, 15) is 9.59 Å². The molecule has 0 spiro atoms. The van der Waals surface area contributed by atoms with Crippen LogP contribution in [0.3, 0.4) is 0 Å². The second kappa shape index (κ2) is 15.2. The van der Waals surface area contributed by atoms with Gasteiger partial charge in [0, 0.05) is 25.2 Å². The third-order valence-electron chi connectivity index (χ3n) is 3.90. The highest BCUT2D eigenvalue weighted by Gasteiger charge is 2.00. The summed E-state index contributed by atoms with van der Waals surface area (Å²) in [6, 6.07) is 0. The zero-order valence-corrected chi connectivity index (χ0v) is 16.2. The highest BCUT2D eigenvalue weighted by molar-refractivity contribution is 5.96. The molecule has 2 N–H and O–H groups in total. The molecule has 0 aromatic carbocycles. The van der Waals surface area contributed by atoms with Crippen molar-refractivity contribution in [1.29, 1.82) is 0 Å². The molecule has 4 heteroatoms. The maximum absolute atomic E-state index is 11.6. The van der Waals surface area contributed by atoms with Crippen LogP contribution in [0.5, 0.6) is 0 Å². The Morgan fingerprint density at radius 1 is 0.667 bits per heavy atom. The number of hydrogen-bond acceptors (Lipinski definition) is 2. The van der Waals surface area contributed by atoms with Gasteiger partial charge in [-0.3, -0.25) is 9.59 Å². The molecule has 0 aliphatic rings. The van der Waals surface area contributed by atoms with Crippen molar-refractivity contribution in [3.63, 3.8) is 0 Å². The summed E-state index contributed by atoms with van der Waals surface area (Å²) >= 11 is 0. The Balaban J connectivity index is 3.54. The summed E-state index contributed by atoms with van der Waals surface area (Å²) in [6.07, 6.45) is 11.8. The fraction of sp³-hybridized carbons (Fsp3) is 0.800. The molecule has 0 unspecified atom stereocenters. The number of unbranched alkanes of at least 4 members (excludes halogenated alkanes) is 4. The lowest BCUT2D eigenvalue weighted by molar-refractivity contribution is -0.118. The highest BCUT2D eigenvalue weighted by Crippen LogP contribution is 2.08. The average Bonchev–Trinajstić information content (AvgIpc) is 2.51. The molecule has 2 amide bonds. The predicted octanol–water partition coefficient (Wildman–Crippen LogP) is 4.21.